The molecule has 3 aromatic heterocycles. The third kappa shape index (κ3) is 3.71. The predicted molar refractivity (Wildman–Crippen MR) is 126 cm³/mol. The zero-order chi connectivity index (χ0) is 23.1. The molecule has 2 aliphatic rings. The molecule has 0 unspecified atom stereocenters. The second-order valence-corrected chi connectivity index (χ2v) is 8.74. The normalized spacial score (nSPS) is 14.3. The van der Waals surface area contributed by atoms with E-state index in [0.29, 0.717) is 18.1 Å². The molecule has 4 aromatic rings. The van der Waals surface area contributed by atoms with Crippen LogP contribution in [0, 0.1) is 0 Å². The van der Waals surface area contributed by atoms with E-state index in [0.717, 1.165) is 59.5 Å². The fourth-order valence-electron chi connectivity index (χ4n) is 4.53. The van der Waals surface area contributed by atoms with Crippen LogP contribution < -0.4 is 10.1 Å². The minimum atomic E-state index is -0.148. The van der Waals surface area contributed by atoms with Crippen molar-refractivity contribution in [3.63, 3.8) is 0 Å². The standard InChI is InChI=1S/C26H24N6O2/c1-34-20-9-8-17-4-7-19-14-29-26(31-23(19)21(17)11-20)32-24(18-5-6-18)22(15-30-32)25(33)28-13-16-3-2-10-27-12-16/h2-3,8-12,14-15,18H,4-7,13H2,1H3,(H,28,33). The quantitative estimate of drug-likeness (QED) is 0.480. The Morgan fingerprint density at radius 2 is 2.03 bits per heavy atom. The van der Waals surface area contributed by atoms with Crippen molar-refractivity contribution in [2.24, 2.45) is 0 Å². The van der Waals surface area contributed by atoms with Crippen LogP contribution in [-0.2, 0) is 19.4 Å². The lowest BCUT2D eigenvalue weighted by Crippen LogP contribution is -2.24. The van der Waals surface area contributed by atoms with E-state index in [1.165, 1.54) is 5.56 Å². The summed E-state index contributed by atoms with van der Waals surface area (Å²) in [7, 11) is 1.67. The number of carbonyl (C=O) groups excluding carboxylic acids is 1. The summed E-state index contributed by atoms with van der Waals surface area (Å²) >= 11 is 0. The number of rotatable bonds is 6. The zero-order valence-electron chi connectivity index (χ0n) is 18.9. The smallest absolute Gasteiger partial charge is 0.255 e. The Morgan fingerprint density at radius 1 is 1.15 bits per heavy atom. The fourth-order valence-corrected chi connectivity index (χ4v) is 4.53. The van der Waals surface area contributed by atoms with Crippen molar-refractivity contribution in [1.29, 1.82) is 0 Å². The van der Waals surface area contributed by atoms with Crippen LogP contribution in [0.1, 0.15) is 51.5 Å². The summed E-state index contributed by atoms with van der Waals surface area (Å²) in [4.78, 5) is 26.7. The second-order valence-electron chi connectivity index (χ2n) is 8.74. The van der Waals surface area contributed by atoms with E-state index < -0.39 is 0 Å². The summed E-state index contributed by atoms with van der Waals surface area (Å²) in [6.07, 6.45) is 10.9. The summed E-state index contributed by atoms with van der Waals surface area (Å²) < 4.78 is 7.19. The highest BCUT2D eigenvalue weighted by Gasteiger charge is 2.34. The minimum Gasteiger partial charge on any atom is -0.497 e. The number of nitrogens with zero attached hydrogens (tertiary/aromatic N) is 5. The Morgan fingerprint density at radius 3 is 2.82 bits per heavy atom. The number of carbonyl (C=O) groups is 1. The number of ether oxygens (including phenoxy) is 1. The van der Waals surface area contributed by atoms with Gasteiger partial charge in [-0.25, -0.2) is 14.6 Å². The largest absolute Gasteiger partial charge is 0.497 e. The molecule has 1 aromatic carbocycles. The third-order valence-electron chi connectivity index (χ3n) is 6.47. The van der Waals surface area contributed by atoms with Gasteiger partial charge in [0.15, 0.2) is 0 Å². The highest BCUT2D eigenvalue weighted by Crippen LogP contribution is 2.42. The molecule has 6 rings (SSSR count). The molecule has 170 valence electrons. The number of pyridine rings is 1. The van der Waals surface area contributed by atoms with Gasteiger partial charge in [-0.05, 0) is 60.6 Å². The van der Waals surface area contributed by atoms with Gasteiger partial charge in [-0.1, -0.05) is 12.1 Å². The van der Waals surface area contributed by atoms with Crippen molar-refractivity contribution in [2.45, 2.75) is 38.1 Å². The Hall–Kier alpha value is -4.07. The number of hydrogen-bond acceptors (Lipinski definition) is 6. The van der Waals surface area contributed by atoms with E-state index in [4.69, 9.17) is 9.72 Å². The SMILES string of the molecule is COc1ccc2c(c1)-c1nc(-n3ncc(C(=O)NCc4cccnc4)c3C3CC3)ncc1CC2. The molecule has 0 spiro atoms. The molecule has 8 nitrogen and oxygen atoms in total. The number of benzene rings is 1. The van der Waals surface area contributed by atoms with E-state index in [1.54, 1.807) is 30.4 Å². The maximum absolute atomic E-state index is 13.0. The molecule has 2 aliphatic carbocycles. The van der Waals surface area contributed by atoms with E-state index >= 15 is 0 Å². The summed E-state index contributed by atoms with van der Waals surface area (Å²) in [5, 5.41) is 7.55. The number of nitrogens with one attached hydrogen (secondary N) is 1. The number of hydrogen-bond donors (Lipinski definition) is 1. The van der Waals surface area contributed by atoms with Crippen LogP contribution in [0.25, 0.3) is 17.2 Å². The lowest BCUT2D eigenvalue weighted by molar-refractivity contribution is 0.0950. The summed E-state index contributed by atoms with van der Waals surface area (Å²) in [6, 6.07) is 9.92. The third-order valence-corrected chi connectivity index (χ3v) is 6.47. The fraction of sp³-hybridized carbons (Fsp3) is 0.269. The van der Waals surface area contributed by atoms with Crippen LogP contribution in [0.4, 0.5) is 0 Å². The van der Waals surface area contributed by atoms with Crippen molar-refractivity contribution in [3.8, 4) is 23.0 Å². The molecule has 3 heterocycles. The van der Waals surface area contributed by atoms with E-state index in [9.17, 15) is 4.79 Å². The highest BCUT2D eigenvalue weighted by molar-refractivity contribution is 5.95. The molecule has 1 amide bonds. The maximum atomic E-state index is 13.0. The lowest BCUT2D eigenvalue weighted by Gasteiger charge is -2.20. The first-order chi connectivity index (χ1) is 16.7. The monoisotopic (exact) mass is 452 g/mol. The van der Waals surface area contributed by atoms with Crippen LogP contribution >= 0.6 is 0 Å². The first-order valence-corrected chi connectivity index (χ1v) is 11.5. The van der Waals surface area contributed by atoms with Gasteiger partial charge in [0.2, 0.25) is 0 Å². The van der Waals surface area contributed by atoms with E-state index in [2.05, 4.69) is 26.4 Å². The van der Waals surface area contributed by atoms with E-state index in [1.807, 2.05) is 30.5 Å². The number of fused-ring (bicyclic) bond motifs is 3. The number of aromatic nitrogens is 5. The molecule has 34 heavy (non-hydrogen) atoms. The average Bonchev–Trinajstić information content (AvgIpc) is 3.64. The maximum Gasteiger partial charge on any atom is 0.255 e. The van der Waals surface area contributed by atoms with Crippen LogP contribution in [0.2, 0.25) is 0 Å². The lowest BCUT2D eigenvalue weighted by atomic mass is 9.90. The first kappa shape index (κ1) is 20.5. The Labute approximate surface area is 197 Å². The highest BCUT2D eigenvalue weighted by atomic mass is 16.5. The van der Waals surface area contributed by atoms with Crippen LogP contribution in [0.5, 0.6) is 5.75 Å². The molecule has 0 bridgehead atoms. The first-order valence-electron chi connectivity index (χ1n) is 11.5. The molecule has 0 atom stereocenters. The van der Waals surface area contributed by atoms with Crippen molar-refractivity contribution >= 4 is 5.91 Å². The van der Waals surface area contributed by atoms with Crippen LogP contribution in [0.15, 0.2) is 55.1 Å². The van der Waals surface area contributed by atoms with Gasteiger partial charge in [-0.3, -0.25) is 9.78 Å². The molecule has 8 heteroatoms. The zero-order valence-corrected chi connectivity index (χ0v) is 18.9. The molecule has 0 aliphatic heterocycles. The van der Waals surface area contributed by atoms with Gasteiger partial charge in [0.25, 0.3) is 11.9 Å². The van der Waals surface area contributed by atoms with Gasteiger partial charge >= 0.3 is 0 Å². The van der Waals surface area contributed by atoms with Gasteiger partial charge in [-0.2, -0.15) is 5.10 Å². The number of aryl methyl sites for hydroxylation is 2. The van der Waals surface area contributed by atoms with Gasteiger partial charge in [0.1, 0.15) is 5.75 Å². The van der Waals surface area contributed by atoms with Crippen molar-refractivity contribution in [2.75, 3.05) is 7.11 Å². The predicted octanol–water partition coefficient (Wildman–Crippen LogP) is 3.64. The molecule has 1 fully saturated rings. The minimum absolute atomic E-state index is 0.148. The van der Waals surface area contributed by atoms with Gasteiger partial charge in [-0.15, -0.1) is 0 Å². The summed E-state index contributed by atoms with van der Waals surface area (Å²) in [5.41, 5.74) is 6.74. The Kier molecular flexibility index (Phi) is 5.05. The van der Waals surface area contributed by atoms with Gasteiger partial charge in [0.05, 0.1) is 30.3 Å². The summed E-state index contributed by atoms with van der Waals surface area (Å²) in [6.45, 7) is 0.413. The Balaban J connectivity index is 1.35. The number of amides is 1. The average molecular weight is 453 g/mol. The van der Waals surface area contributed by atoms with Crippen molar-refractivity contribution in [1.82, 2.24) is 30.0 Å². The van der Waals surface area contributed by atoms with E-state index in [-0.39, 0.29) is 11.8 Å². The molecule has 0 radical (unpaired) electrons. The topological polar surface area (TPSA) is 94.8 Å². The van der Waals surface area contributed by atoms with Gasteiger partial charge < -0.3 is 10.1 Å². The molecule has 0 saturated heterocycles. The van der Waals surface area contributed by atoms with Crippen LogP contribution in [0.3, 0.4) is 0 Å². The molecular formula is C26H24N6O2. The van der Waals surface area contributed by atoms with Crippen molar-refractivity contribution < 1.29 is 9.53 Å². The number of methoxy groups -OCH3 is 1. The molecular weight excluding hydrogens is 428 g/mol. The van der Waals surface area contributed by atoms with Crippen LogP contribution in [-0.4, -0.2) is 37.7 Å². The second kappa shape index (κ2) is 8.37. The molecule has 1 N–H and O–H groups in total. The van der Waals surface area contributed by atoms with Gasteiger partial charge in [0, 0.05) is 36.6 Å². The Bertz CT molecular complexity index is 1380. The summed E-state index contributed by atoms with van der Waals surface area (Å²) in [5.74, 6) is 1.43. The molecule has 1 saturated carbocycles. The van der Waals surface area contributed by atoms with Crippen molar-refractivity contribution in [3.05, 3.63) is 83.1 Å².